The van der Waals surface area contributed by atoms with Gasteiger partial charge in [-0.25, -0.2) is 0 Å². The van der Waals surface area contributed by atoms with Crippen LogP contribution in [0.5, 0.6) is 17.2 Å². The van der Waals surface area contributed by atoms with Crippen LogP contribution in [0.25, 0.3) is 21.9 Å². The lowest BCUT2D eigenvalue weighted by atomic mass is 9.99. The van der Waals surface area contributed by atoms with Crippen molar-refractivity contribution in [3.05, 3.63) is 82.0 Å². The van der Waals surface area contributed by atoms with Gasteiger partial charge in [0.1, 0.15) is 29.9 Å². The fourth-order valence-corrected chi connectivity index (χ4v) is 6.85. The van der Waals surface area contributed by atoms with Crippen LogP contribution in [0, 0.1) is 5.92 Å². The van der Waals surface area contributed by atoms with E-state index in [0.717, 1.165) is 22.1 Å². The number of nitrogens with zero attached hydrogens (tertiary/aromatic N) is 4. The molecule has 2 saturated heterocycles. The minimum Gasteiger partial charge on any atom is -0.496 e. The number of amides is 4. The molecule has 0 saturated carbocycles. The van der Waals surface area contributed by atoms with Crippen LogP contribution >= 0.6 is 0 Å². The van der Waals surface area contributed by atoms with Gasteiger partial charge in [-0.05, 0) is 53.8 Å². The van der Waals surface area contributed by atoms with Gasteiger partial charge in [0.15, 0.2) is 6.29 Å². The van der Waals surface area contributed by atoms with Crippen LogP contribution in [0.3, 0.4) is 0 Å². The molecule has 18 nitrogen and oxygen atoms in total. The van der Waals surface area contributed by atoms with Crippen LogP contribution in [0.2, 0.25) is 0 Å². The fraction of sp³-hybridized carbons (Fsp3) is 0.366. The van der Waals surface area contributed by atoms with E-state index in [1.807, 2.05) is 18.2 Å². The van der Waals surface area contributed by atoms with Gasteiger partial charge in [0.05, 0.1) is 38.4 Å². The van der Waals surface area contributed by atoms with Crippen molar-refractivity contribution in [1.29, 1.82) is 0 Å². The molecule has 6 rings (SSSR count). The fourth-order valence-electron chi connectivity index (χ4n) is 6.85. The first-order valence-electron chi connectivity index (χ1n) is 18.6. The number of imide groups is 1. The Morgan fingerprint density at radius 3 is 2.42 bits per heavy atom. The SMILES string of the molecule is COc1cc(-c2cn(C)c(=O)c3cnccc23)cc(OC)c1CNCCOCC(=O)N1CC(COc2ccc(C=O)c(C(=O)N(C)C3CCC(=O)NC3=O)c2)C1.O=CO. The number of carbonyl (C=O) groups excluding carboxylic acids is 5. The van der Waals surface area contributed by atoms with E-state index in [2.05, 4.69) is 15.6 Å². The van der Waals surface area contributed by atoms with Crippen molar-refractivity contribution in [3.63, 3.8) is 0 Å². The van der Waals surface area contributed by atoms with E-state index in [1.165, 1.54) is 28.6 Å². The first-order valence-corrected chi connectivity index (χ1v) is 18.6. The third-order valence-corrected chi connectivity index (χ3v) is 10.0. The number of hydrogen-bond acceptors (Lipinski definition) is 13. The van der Waals surface area contributed by atoms with E-state index in [1.54, 1.807) is 50.8 Å². The number of piperidine rings is 1. The number of fused-ring (bicyclic) bond motifs is 1. The molecule has 2 aliphatic rings. The van der Waals surface area contributed by atoms with Gasteiger partial charge in [0.2, 0.25) is 17.7 Å². The number of likely N-dealkylation sites (N-methyl/N-ethyl adjacent to an activating group) is 1. The molecule has 0 bridgehead atoms. The maximum Gasteiger partial charge on any atom is 0.290 e. The summed E-state index contributed by atoms with van der Waals surface area (Å²) in [5, 5.41) is 13.7. The number of aldehydes is 1. The second-order valence-electron chi connectivity index (χ2n) is 13.8. The molecule has 2 fully saturated rings. The number of aryl methyl sites for hydroxylation is 1. The smallest absolute Gasteiger partial charge is 0.290 e. The Morgan fingerprint density at radius 2 is 1.76 bits per heavy atom. The van der Waals surface area contributed by atoms with Crippen molar-refractivity contribution in [2.45, 2.75) is 25.4 Å². The Morgan fingerprint density at radius 1 is 1.05 bits per heavy atom. The number of benzene rings is 2. The molecular formula is C41H46N6O12. The predicted molar refractivity (Wildman–Crippen MR) is 212 cm³/mol. The zero-order valence-electron chi connectivity index (χ0n) is 33.1. The summed E-state index contributed by atoms with van der Waals surface area (Å²) in [4.78, 5) is 89.6. The van der Waals surface area contributed by atoms with Gasteiger partial charge in [0.25, 0.3) is 17.9 Å². The second-order valence-corrected chi connectivity index (χ2v) is 13.8. The van der Waals surface area contributed by atoms with Gasteiger partial charge >= 0.3 is 0 Å². The summed E-state index contributed by atoms with van der Waals surface area (Å²) in [5.74, 6) is 0.0378. The minimum atomic E-state index is -0.832. The first-order chi connectivity index (χ1) is 28.4. The van der Waals surface area contributed by atoms with E-state index in [-0.39, 0.29) is 60.3 Å². The highest BCUT2D eigenvalue weighted by Crippen LogP contribution is 2.37. The molecule has 1 atom stereocenters. The lowest BCUT2D eigenvalue weighted by Crippen LogP contribution is -2.53. The quantitative estimate of drug-likeness (QED) is 0.0832. The molecule has 312 valence electrons. The average molecular weight is 815 g/mol. The number of methoxy groups -OCH3 is 2. The van der Waals surface area contributed by atoms with Gasteiger partial charge < -0.3 is 43.7 Å². The topological polar surface area (TPSA) is 225 Å². The van der Waals surface area contributed by atoms with Gasteiger partial charge in [-0.2, -0.15) is 0 Å². The molecule has 0 radical (unpaired) electrons. The van der Waals surface area contributed by atoms with Crippen molar-refractivity contribution in [2.24, 2.45) is 13.0 Å². The number of carboxylic acid groups (broad SMARTS) is 1. The molecule has 18 heteroatoms. The summed E-state index contributed by atoms with van der Waals surface area (Å²) in [5.41, 5.74) is 2.57. The lowest BCUT2D eigenvalue weighted by Gasteiger charge is -2.39. The van der Waals surface area contributed by atoms with Crippen LogP contribution in [0.1, 0.15) is 39.1 Å². The normalized spacial score (nSPS) is 15.0. The van der Waals surface area contributed by atoms with Gasteiger partial charge in [-0.3, -0.25) is 43.9 Å². The molecule has 2 aliphatic heterocycles. The Labute approximate surface area is 339 Å². The van der Waals surface area contributed by atoms with E-state index in [4.69, 9.17) is 28.8 Å². The Kier molecular flexibility index (Phi) is 14.8. The first kappa shape index (κ1) is 43.5. The van der Waals surface area contributed by atoms with E-state index in [0.29, 0.717) is 68.3 Å². The summed E-state index contributed by atoms with van der Waals surface area (Å²) in [7, 11) is 6.33. The highest BCUT2D eigenvalue weighted by molar-refractivity contribution is 6.06. The summed E-state index contributed by atoms with van der Waals surface area (Å²) in [6.07, 6.45) is 5.88. The van der Waals surface area contributed by atoms with Crippen molar-refractivity contribution < 1.29 is 52.8 Å². The number of rotatable bonds is 16. The highest BCUT2D eigenvalue weighted by atomic mass is 16.5. The summed E-state index contributed by atoms with van der Waals surface area (Å²) in [6, 6.07) is 9.34. The molecule has 0 spiro atoms. The third-order valence-electron chi connectivity index (χ3n) is 10.0. The molecule has 4 amide bonds. The van der Waals surface area contributed by atoms with Crippen molar-refractivity contribution in [3.8, 4) is 28.4 Å². The largest absolute Gasteiger partial charge is 0.496 e. The summed E-state index contributed by atoms with van der Waals surface area (Å²) >= 11 is 0. The number of ether oxygens (including phenoxy) is 4. The summed E-state index contributed by atoms with van der Waals surface area (Å²) in [6.45, 7) is 2.12. The Balaban J connectivity index is 0.00000214. The zero-order valence-corrected chi connectivity index (χ0v) is 33.1. The predicted octanol–water partition coefficient (Wildman–Crippen LogP) is 1.65. The molecule has 2 aromatic heterocycles. The van der Waals surface area contributed by atoms with Gasteiger partial charge in [-0.1, -0.05) is 0 Å². The number of carbonyl (C=O) groups is 6. The molecule has 4 aromatic rings. The van der Waals surface area contributed by atoms with Crippen molar-refractivity contribution >= 4 is 47.2 Å². The van der Waals surface area contributed by atoms with Crippen LogP contribution < -0.4 is 30.4 Å². The average Bonchev–Trinajstić information content (AvgIpc) is 3.22. The van der Waals surface area contributed by atoms with Crippen molar-refractivity contribution in [2.75, 3.05) is 60.7 Å². The Bertz CT molecular complexity index is 2250. The second kappa shape index (κ2) is 20.2. The lowest BCUT2D eigenvalue weighted by molar-refractivity contribution is -0.143. The van der Waals surface area contributed by atoms with Crippen LogP contribution in [0.4, 0.5) is 0 Å². The maximum absolute atomic E-state index is 13.3. The van der Waals surface area contributed by atoms with Gasteiger partial charge in [0, 0.05) is 87.9 Å². The molecule has 1 unspecified atom stereocenters. The van der Waals surface area contributed by atoms with E-state index in [9.17, 15) is 28.8 Å². The summed E-state index contributed by atoms with van der Waals surface area (Å²) < 4.78 is 24.6. The molecule has 59 heavy (non-hydrogen) atoms. The van der Waals surface area contributed by atoms with E-state index < -0.39 is 17.9 Å². The van der Waals surface area contributed by atoms with Crippen molar-refractivity contribution in [1.82, 2.24) is 30.0 Å². The molecule has 2 aromatic carbocycles. The molecule has 4 heterocycles. The van der Waals surface area contributed by atoms with Crippen LogP contribution in [0.15, 0.2) is 59.8 Å². The number of hydrogen-bond donors (Lipinski definition) is 3. The van der Waals surface area contributed by atoms with Crippen LogP contribution in [-0.4, -0.2) is 128 Å². The molecule has 0 aliphatic carbocycles. The third kappa shape index (κ3) is 10.3. The highest BCUT2D eigenvalue weighted by Gasteiger charge is 2.34. The monoisotopic (exact) mass is 814 g/mol. The number of nitrogens with one attached hydrogen (secondary N) is 2. The standard InChI is InChI=1S/C40H44N6O10.CH2O2/c1-44-20-32(28-9-10-41-16-30(28)39(44)51)26-13-34(53-3)31(35(14-26)54-4)17-42-11-12-55-23-37(49)46-18-24(19-46)22-56-27-6-5-25(21-47)29(15-27)40(52)45(2)33-7-8-36(48)43-38(33)50;2-1-3/h5-6,9-10,13-16,20-21,24,33,42H,7-8,11-12,17-19,22-23H2,1-4H3,(H,43,48,50);1H,(H,2,3). The number of aromatic nitrogens is 2. The maximum atomic E-state index is 13.3. The van der Waals surface area contributed by atoms with Crippen LogP contribution in [-0.2, 0) is 37.5 Å². The number of likely N-dealkylation sites (tertiary alicyclic amines) is 1. The zero-order chi connectivity index (χ0) is 42.6. The molecule has 3 N–H and O–H groups in total. The number of pyridine rings is 2. The Hall–Kier alpha value is -6.66. The van der Waals surface area contributed by atoms with Gasteiger partial charge in [-0.15, -0.1) is 0 Å². The minimum absolute atomic E-state index is 0.0672. The van der Waals surface area contributed by atoms with E-state index >= 15 is 0 Å². The molecular weight excluding hydrogens is 768 g/mol.